The normalized spacial score (nSPS) is 17.0. The predicted octanol–water partition coefficient (Wildman–Crippen LogP) is 0.455. The Morgan fingerprint density at radius 2 is 1.44 bits per heavy atom. The zero-order valence-corrected chi connectivity index (χ0v) is 15.9. The summed E-state index contributed by atoms with van der Waals surface area (Å²) in [6, 6.07) is 3.86. The molecule has 1 aromatic rings. The Kier molecular flexibility index (Phi) is 5.58. The van der Waals surface area contributed by atoms with Gasteiger partial charge in [0, 0.05) is 24.2 Å². The molecular formula is C18H26N8O. The Morgan fingerprint density at radius 1 is 0.963 bits per heavy atom. The zero-order valence-electron chi connectivity index (χ0n) is 15.9. The molecule has 0 atom stereocenters. The van der Waals surface area contributed by atoms with Crippen molar-refractivity contribution in [2.45, 2.75) is 26.2 Å². The van der Waals surface area contributed by atoms with Crippen molar-refractivity contribution in [1.29, 1.82) is 0 Å². The van der Waals surface area contributed by atoms with Gasteiger partial charge in [-0.1, -0.05) is 20.8 Å². The lowest BCUT2D eigenvalue weighted by atomic mass is 9.85. The number of aliphatic imine (C=N–C) groups is 2. The first kappa shape index (κ1) is 18.7. The number of hydrogen-bond acceptors (Lipinski definition) is 9. The van der Waals surface area contributed by atoms with Gasteiger partial charge in [0.15, 0.2) is 0 Å². The molecule has 0 spiro atoms. The molecule has 0 radical (unpaired) electrons. The van der Waals surface area contributed by atoms with E-state index < -0.39 is 0 Å². The maximum Gasteiger partial charge on any atom is 0.212 e. The predicted molar refractivity (Wildman–Crippen MR) is 109 cm³/mol. The van der Waals surface area contributed by atoms with Crippen LogP contribution < -0.4 is 21.5 Å². The second kappa shape index (κ2) is 8.07. The van der Waals surface area contributed by atoms with Crippen LogP contribution in [-0.4, -0.2) is 55.6 Å². The van der Waals surface area contributed by atoms with Crippen LogP contribution in [0.3, 0.4) is 0 Å². The number of hydrazone groups is 2. The zero-order chi connectivity index (χ0) is 19.3. The molecule has 1 aromatic carbocycles. The molecule has 0 saturated carbocycles. The van der Waals surface area contributed by atoms with Crippen LogP contribution in [0.25, 0.3) is 0 Å². The summed E-state index contributed by atoms with van der Waals surface area (Å²) < 4.78 is 0. The summed E-state index contributed by atoms with van der Waals surface area (Å²) in [6.45, 7) is 9.42. The third-order valence-corrected chi connectivity index (χ3v) is 4.13. The van der Waals surface area contributed by atoms with E-state index >= 15 is 0 Å². The molecule has 5 N–H and O–H groups in total. The van der Waals surface area contributed by atoms with Crippen LogP contribution in [0.15, 0.2) is 32.3 Å². The number of benzene rings is 1. The highest BCUT2D eigenvalue weighted by Gasteiger charge is 2.18. The van der Waals surface area contributed by atoms with E-state index in [-0.39, 0.29) is 11.2 Å². The van der Waals surface area contributed by atoms with Gasteiger partial charge < -0.3 is 15.7 Å². The van der Waals surface area contributed by atoms with Crippen LogP contribution in [-0.2, 0) is 5.41 Å². The van der Waals surface area contributed by atoms with Gasteiger partial charge in [-0.05, 0) is 23.1 Å². The minimum Gasteiger partial charge on any atom is -0.507 e. The van der Waals surface area contributed by atoms with Crippen molar-refractivity contribution in [2.24, 2.45) is 20.2 Å². The average molecular weight is 370 g/mol. The Morgan fingerprint density at radius 3 is 1.81 bits per heavy atom. The van der Waals surface area contributed by atoms with Gasteiger partial charge in [-0.15, -0.1) is 0 Å². The molecule has 0 saturated heterocycles. The molecule has 0 aromatic heterocycles. The monoisotopic (exact) mass is 370 g/mol. The second-order valence-corrected chi connectivity index (χ2v) is 7.31. The lowest BCUT2D eigenvalue weighted by Gasteiger charge is -2.21. The number of guanidine groups is 2. The number of phenols is 1. The highest BCUT2D eigenvalue weighted by molar-refractivity contribution is 5.93. The molecule has 144 valence electrons. The van der Waals surface area contributed by atoms with E-state index in [9.17, 15) is 5.11 Å². The Labute approximate surface area is 158 Å². The molecule has 9 heteroatoms. The SMILES string of the molecule is CC(C)(C)c1cc(/C=N/NC2=NCCN2)c(O)c(/C=N/NC2=NCCN2)c1. The fraction of sp³-hybridized carbons (Fsp3) is 0.444. The second-order valence-electron chi connectivity index (χ2n) is 7.31. The van der Waals surface area contributed by atoms with Crippen LogP contribution in [0, 0.1) is 0 Å². The maximum atomic E-state index is 10.6. The highest BCUT2D eigenvalue weighted by atomic mass is 16.3. The van der Waals surface area contributed by atoms with E-state index in [2.05, 4.69) is 62.4 Å². The van der Waals surface area contributed by atoms with Crippen molar-refractivity contribution in [3.63, 3.8) is 0 Å². The van der Waals surface area contributed by atoms with Crippen molar-refractivity contribution in [3.05, 3.63) is 28.8 Å². The summed E-state index contributed by atoms with van der Waals surface area (Å²) in [5.41, 5.74) is 7.87. The molecule has 2 heterocycles. The molecule has 0 bridgehead atoms. The van der Waals surface area contributed by atoms with Crippen LogP contribution in [0.5, 0.6) is 5.75 Å². The van der Waals surface area contributed by atoms with E-state index in [1.807, 2.05) is 12.1 Å². The van der Waals surface area contributed by atoms with Crippen LogP contribution in [0.4, 0.5) is 0 Å². The quantitative estimate of drug-likeness (QED) is 0.390. The van der Waals surface area contributed by atoms with Gasteiger partial charge in [-0.2, -0.15) is 10.2 Å². The van der Waals surface area contributed by atoms with Crippen molar-refractivity contribution >= 4 is 24.3 Å². The van der Waals surface area contributed by atoms with E-state index in [0.29, 0.717) is 23.0 Å². The van der Waals surface area contributed by atoms with Gasteiger partial charge in [0.1, 0.15) is 5.75 Å². The Balaban J connectivity index is 1.82. The lowest BCUT2D eigenvalue weighted by Crippen LogP contribution is -2.30. The van der Waals surface area contributed by atoms with Crippen molar-refractivity contribution in [1.82, 2.24) is 21.5 Å². The van der Waals surface area contributed by atoms with E-state index in [0.717, 1.165) is 31.7 Å². The minimum atomic E-state index is -0.0894. The number of phenolic OH excluding ortho intramolecular Hbond substituents is 1. The molecular weight excluding hydrogens is 344 g/mol. The summed E-state index contributed by atoms with van der Waals surface area (Å²) in [5, 5.41) is 25.1. The number of rotatable bonds is 4. The van der Waals surface area contributed by atoms with Crippen LogP contribution in [0.1, 0.15) is 37.5 Å². The van der Waals surface area contributed by atoms with Crippen molar-refractivity contribution in [2.75, 3.05) is 26.2 Å². The molecule has 3 rings (SSSR count). The largest absolute Gasteiger partial charge is 0.507 e. The van der Waals surface area contributed by atoms with Crippen LogP contribution in [0.2, 0.25) is 0 Å². The van der Waals surface area contributed by atoms with E-state index in [1.54, 1.807) is 12.4 Å². The van der Waals surface area contributed by atoms with Gasteiger partial charge in [-0.25, -0.2) is 20.8 Å². The standard InChI is InChI=1S/C18H26N8O/c1-18(2,3)14-8-12(10-23-25-16-19-4-5-20-16)15(27)13(9-14)11-24-26-17-21-6-7-22-17/h8-11,27H,4-7H2,1-3H3,(H2,19,20,25)(H2,21,22,26)/b23-10+,24-11+. The number of aromatic hydroxyl groups is 1. The first-order valence-electron chi connectivity index (χ1n) is 8.96. The first-order chi connectivity index (χ1) is 12.9. The number of nitrogens with zero attached hydrogens (tertiary/aromatic N) is 4. The van der Waals surface area contributed by atoms with Crippen LogP contribution >= 0.6 is 0 Å². The summed E-state index contributed by atoms with van der Waals surface area (Å²) in [7, 11) is 0. The van der Waals surface area contributed by atoms with Crippen molar-refractivity contribution in [3.8, 4) is 5.75 Å². The third-order valence-electron chi connectivity index (χ3n) is 4.13. The highest BCUT2D eigenvalue weighted by Crippen LogP contribution is 2.29. The summed E-state index contributed by atoms with van der Waals surface area (Å²) in [5.74, 6) is 1.38. The molecule has 0 aliphatic carbocycles. The maximum absolute atomic E-state index is 10.6. The average Bonchev–Trinajstić information content (AvgIpc) is 3.30. The molecule has 27 heavy (non-hydrogen) atoms. The molecule has 2 aliphatic heterocycles. The fourth-order valence-electron chi connectivity index (χ4n) is 2.58. The summed E-state index contributed by atoms with van der Waals surface area (Å²) in [6.07, 6.45) is 3.17. The summed E-state index contributed by atoms with van der Waals surface area (Å²) in [4.78, 5) is 8.43. The van der Waals surface area contributed by atoms with Crippen molar-refractivity contribution < 1.29 is 5.11 Å². The van der Waals surface area contributed by atoms with E-state index in [1.165, 1.54) is 0 Å². The van der Waals surface area contributed by atoms with Gasteiger partial charge in [0.2, 0.25) is 11.9 Å². The van der Waals surface area contributed by atoms with Gasteiger partial charge >= 0.3 is 0 Å². The minimum absolute atomic E-state index is 0.0894. The number of hydrogen-bond donors (Lipinski definition) is 5. The molecule has 0 amide bonds. The Hall–Kier alpha value is -3.10. The topological polar surface area (TPSA) is 118 Å². The third kappa shape index (κ3) is 4.96. The summed E-state index contributed by atoms with van der Waals surface area (Å²) >= 11 is 0. The fourth-order valence-corrected chi connectivity index (χ4v) is 2.58. The smallest absolute Gasteiger partial charge is 0.212 e. The molecule has 2 aliphatic rings. The lowest BCUT2D eigenvalue weighted by molar-refractivity contribution is 0.472. The van der Waals surface area contributed by atoms with Gasteiger partial charge in [-0.3, -0.25) is 0 Å². The molecule has 0 unspecified atom stereocenters. The van der Waals surface area contributed by atoms with Gasteiger partial charge in [0.25, 0.3) is 0 Å². The van der Waals surface area contributed by atoms with Gasteiger partial charge in [0.05, 0.1) is 25.5 Å². The number of nitrogens with one attached hydrogen (secondary N) is 4. The molecule has 0 fully saturated rings. The Bertz CT molecular complexity index is 747. The molecule has 9 nitrogen and oxygen atoms in total. The first-order valence-corrected chi connectivity index (χ1v) is 8.96. The van der Waals surface area contributed by atoms with E-state index in [4.69, 9.17) is 0 Å².